The Balaban J connectivity index is 1.42. The number of likely N-dealkylation sites (N-methyl/N-ethyl adjacent to an activating group) is 1. The van der Waals surface area contributed by atoms with Crippen molar-refractivity contribution in [2.24, 2.45) is 0 Å². The third-order valence-corrected chi connectivity index (χ3v) is 6.38. The Labute approximate surface area is 222 Å². The summed E-state index contributed by atoms with van der Waals surface area (Å²) in [6.45, 7) is 6.14. The zero-order valence-electron chi connectivity index (χ0n) is 22.0. The molecule has 0 saturated heterocycles. The molecule has 8 nitrogen and oxygen atoms in total. The molecule has 0 atom stereocenters. The van der Waals surface area contributed by atoms with Crippen molar-refractivity contribution in [1.29, 1.82) is 0 Å². The molecule has 194 valence electrons. The van der Waals surface area contributed by atoms with Crippen LogP contribution in [0.5, 0.6) is 5.75 Å². The first kappa shape index (κ1) is 26.3. The Morgan fingerprint density at radius 2 is 1.87 bits per heavy atom. The van der Waals surface area contributed by atoms with Crippen LogP contribution in [0.3, 0.4) is 0 Å². The molecule has 0 aliphatic rings. The molecule has 8 heteroatoms. The number of fused-ring (bicyclic) bond motifs is 1. The normalized spacial score (nSPS) is 11.1. The topological polar surface area (TPSA) is 110 Å². The van der Waals surface area contributed by atoms with E-state index in [2.05, 4.69) is 15.3 Å². The fourth-order valence-corrected chi connectivity index (χ4v) is 4.11. The number of hydrogen-bond acceptors (Lipinski definition) is 6. The van der Waals surface area contributed by atoms with E-state index in [4.69, 9.17) is 10.5 Å². The van der Waals surface area contributed by atoms with Gasteiger partial charge in [-0.05, 0) is 79.4 Å². The highest BCUT2D eigenvalue weighted by atomic mass is 16.5. The van der Waals surface area contributed by atoms with Crippen LogP contribution in [0.4, 0.5) is 11.5 Å². The second kappa shape index (κ2) is 11.6. The number of rotatable bonds is 8. The highest BCUT2D eigenvalue weighted by Crippen LogP contribution is 2.29. The van der Waals surface area contributed by atoms with Crippen LogP contribution >= 0.6 is 0 Å². The van der Waals surface area contributed by atoms with Crippen molar-refractivity contribution in [2.45, 2.75) is 27.4 Å². The molecular weight excluding hydrogens is 478 g/mol. The number of benzene rings is 2. The number of nitrogens with two attached hydrogens (primary N) is 1. The number of hydrogen-bond donors (Lipinski definition) is 2. The number of carbonyl (C=O) groups is 2. The van der Waals surface area contributed by atoms with Crippen LogP contribution in [0.1, 0.15) is 27.9 Å². The summed E-state index contributed by atoms with van der Waals surface area (Å²) in [5.41, 5.74) is 11.8. The van der Waals surface area contributed by atoms with Gasteiger partial charge in [0.05, 0.1) is 6.54 Å². The zero-order valence-corrected chi connectivity index (χ0v) is 22.0. The molecule has 2 aromatic heterocycles. The van der Waals surface area contributed by atoms with Crippen molar-refractivity contribution in [1.82, 2.24) is 15.3 Å². The molecule has 2 aromatic carbocycles. The van der Waals surface area contributed by atoms with Gasteiger partial charge in [0.25, 0.3) is 0 Å². The van der Waals surface area contributed by atoms with E-state index in [1.165, 1.54) is 6.08 Å². The highest BCUT2D eigenvalue weighted by Gasteiger charge is 2.17. The summed E-state index contributed by atoms with van der Waals surface area (Å²) in [5, 5.41) is 3.65. The van der Waals surface area contributed by atoms with E-state index in [1.54, 1.807) is 36.4 Å². The quantitative estimate of drug-likeness (QED) is 0.338. The number of ether oxygens (including phenoxy) is 1. The minimum absolute atomic E-state index is 0.139. The highest BCUT2D eigenvalue weighted by molar-refractivity contribution is 5.99. The summed E-state index contributed by atoms with van der Waals surface area (Å²) in [6.07, 6.45) is 4.53. The van der Waals surface area contributed by atoms with Gasteiger partial charge in [-0.15, -0.1) is 0 Å². The monoisotopic (exact) mass is 509 g/mol. The van der Waals surface area contributed by atoms with Crippen LogP contribution < -0.4 is 20.7 Å². The summed E-state index contributed by atoms with van der Waals surface area (Å²) >= 11 is 0. The maximum Gasteiger partial charge on any atom is 0.246 e. The molecule has 4 aromatic rings. The number of nitrogen functional groups attached to an aromatic ring is 1. The third kappa shape index (κ3) is 6.15. The maximum atomic E-state index is 12.9. The SMILES string of the molecule is Cc1ccc2cccc(OCc3c(C)ccc(N(C)C(=O)CNC(=O)C=Cc4ccc(N)nc4)c3C)c2n1. The first-order valence-electron chi connectivity index (χ1n) is 12.2. The van der Waals surface area contributed by atoms with Gasteiger partial charge >= 0.3 is 0 Å². The summed E-state index contributed by atoms with van der Waals surface area (Å²) < 4.78 is 6.22. The molecule has 3 N–H and O–H groups in total. The number of aromatic nitrogens is 2. The number of aryl methyl sites for hydroxylation is 2. The van der Waals surface area contributed by atoms with E-state index < -0.39 is 0 Å². The van der Waals surface area contributed by atoms with Gasteiger partial charge in [-0.3, -0.25) is 9.59 Å². The first-order valence-corrected chi connectivity index (χ1v) is 12.2. The minimum Gasteiger partial charge on any atom is -0.487 e. The maximum absolute atomic E-state index is 12.9. The van der Waals surface area contributed by atoms with Crippen LogP contribution in [0.25, 0.3) is 17.0 Å². The van der Waals surface area contributed by atoms with Crippen molar-refractivity contribution >= 4 is 40.3 Å². The van der Waals surface area contributed by atoms with Crippen LogP contribution in [-0.4, -0.2) is 35.4 Å². The zero-order chi connectivity index (χ0) is 27.2. The fourth-order valence-electron chi connectivity index (χ4n) is 4.11. The van der Waals surface area contributed by atoms with E-state index in [1.807, 2.05) is 63.2 Å². The molecule has 0 saturated carbocycles. The molecule has 0 spiro atoms. The average molecular weight is 510 g/mol. The minimum atomic E-state index is -0.378. The third-order valence-electron chi connectivity index (χ3n) is 6.38. The number of nitrogens with one attached hydrogen (secondary N) is 1. The Morgan fingerprint density at radius 3 is 2.63 bits per heavy atom. The molecule has 0 radical (unpaired) electrons. The Hall–Kier alpha value is -4.72. The fraction of sp³-hybridized carbons (Fsp3) is 0.200. The Morgan fingerprint density at radius 1 is 1.05 bits per heavy atom. The van der Waals surface area contributed by atoms with Crippen LogP contribution in [-0.2, 0) is 16.2 Å². The van der Waals surface area contributed by atoms with Crippen molar-refractivity contribution in [3.63, 3.8) is 0 Å². The molecule has 0 aliphatic heterocycles. The number of carbonyl (C=O) groups excluding carboxylic acids is 2. The van der Waals surface area contributed by atoms with Gasteiger partial charge in [-0.1, -0.05) is 24.3 Å². The summed E-state index contributed by atoms with van der Waals surface area (Å²) in [7, 11) is 1.70. The Kier molecular flexibility index (Phi) is 8.01. The number of anilines is 2. The van der Waals surface area contributed by atoms with Crippen molar-refractivity contribution in [3.8, 4) is 5.75 Å². The van der Waals surface area contributed by atoms with Crippen LogP contribution in [0.2, 0.25) is 0 Å². The average Bonchev–Trinajstić information content (AvgIpc) is 2.91. The molecule has 2 amide bonds. The van der Waals surface area contributed by atoms with Crippen molar-refractivity contribution in [2.75, 3.05) is 24.2 Å². The second-order valence-corrected chi connectivity index (χ2v) is 9.09. The Bertz CT molecular complexity index is 1510. The van der Waals surface area contributed by atoms with E-state index in [0.717, 1.165) is 44.5 Å². The number of nitrogens with zero attached hydrogens (tertiary/aromatic N) is 3. The molecule has 0 aliphatic carbocycles. The van der Waals surface area contributed by atoms with Gasteiger partial charge in [0.2, 0.25) is 11.8 Å². The first-order chi connectivity index (χ1) is 18.2. The number of amides is 2. The van der Waals surface area contributed by atoms with Gasteiger partial charge in [0.1, 0.15) is 23.7 Å². The summed E-state index contributed by atoms with van der Waals surface area (Å²) in [4.78, 5) is 35.3. The molecular formula is C30H31N5O3. The summed E-state index contributed by atoms with van der Waals surface area (Å²) in [5.74, 6) is 0.498. The molecule has 38 heavy (non-hydrogen) atoms. The summed E-state index contributed by atoms with van der Waals surface area (Å²) in [6, 6.07) is 17.2. The van der Waals surface area contributed by atoms with Gasteiger partial charge in [-0.25, -0.2) is 9.97 Å². The predicted octanol–water partition coefficient (Wildman–Crippen LogP) is 4.51. The molecule has 2 heterocycles. The van der Waals surface area contributed by atoms with E-state index in [0.29, 0.717) is 18.2 Å². The van der Waals surface area contributed by atoms with Crippen LogP contribution in [0, 0.1) is 20.8 Å². The van der Waals surface area contributed by atoms with Gasteiger partial charge in [0.15, 0.2) is 0 Å². The lowest BCUT2D eigenvalue weighted by Crippen LogP contribution is -2.38. The van der Waals surface area contributed by atoms with Crippen molar-refractivity contribution < 1.29 is 14.3 Å². The van der Waals surface area contributed by atoms with Gasteiger partial charge < -0.3 is 20.7 Å². The second-order valence-electron chi connectivity index (χ2n) is 9.09. The molecule has 0 bridgehead atoms. The van der Waals surface area contributed by atoms with E-state index in [-0.39, 0.29) is 18.4 Å². The van der Waals surface area contributed by atoms with Crippen molar-refractivity contribution in [3.05, 3.63) is 94.8 Å². The number of pyridine rings is 2. The standard InChI is InChI=1S/C30H31N5O3/c1-19-8-13-25(35(4)29(37)17-33-28(36)15-11-22-10-14-27(31)32-16-22)21(3)24(19)18-38-26-7-5-6-23-12-9-20(2)34-30(23)26/h5-16H,17-18H2,1-4H3,(H2,31,32)(H,33,36). The largest absolute Gasteiger partial charge is 0.487 e. The molecule has 0 unspecified atom stereocenters. The van der Waals surface area contributed by atoms with Crippen LogP contribution in [0.15, 0.2) is 66.9 Å². The van der Waals surface area contributed by atoms with Gasteiger partial charge in [0, 0.05) is 36.1 Å². The smallest absolute Gasteiger partial charge is 0.246 e. The predicted molar refractivity (Wildman–Crippen MR) is 151 cm³/mol. The van der Waals surface area contributed by atoms with Gasteiger partial charge in [-0.2, -0.15) is 0 Å². The van der Waals surface area contributed by atoms with E-state index >= 15 is 0 Å². The number of para-hydroxylation sites is 1. The lowest BCUT2D eigenvalue weighted by molar-refractivity contribution is -0.122. The molecule has 4 rings (SSSR count). The molecule has 0 fully saturated rings. The lowest BCUT2D eigenvalue weighted by Gasteiger charge is -2.23. The lowest BCUT2D eigenvalue weighted by atomic mass is 10.0. The van der Waals surface area contributed by atoms with E-state index in [9.17, 15) is 9.59 Å².